The van der Waals surface area contributed by atoms with Crippen LogP contribution >= 0.6 is 11.8 Å². The number of aromatic nitrogens is 1. The van der Waals surface area contributed by atoms with Crippen LogP contribution in [-0.2, 0) is 13.0 Å². The van der Waals surface area contributed by atoms with Gasteiger partial charge in [0.05, 0.1) is 7.11 Å². The molecule has 1 unspecified atom stereocenters. The van der Waals surface area contributed by atoms with Gasteiger partial charge in [-0.1, -0.05) is 36.0 Å². The Morgan fingerprint density at radius 3 is 2.95 bits per heavy atom. The van der Waals surface area contributed by atoms with E-state index in [9.17, 15) is 0 Å². The number of methoxy groups -OCH3 is 1. The van der Waals surface area contributed by atoms with Crippen LogP contribution in [0.15, 0.2) is 47.6 Å². The molecule has 0 radical (unpaired) electrons. The summed E-state index contributed by atoms with van der Waals surface area (Å²) in [4.78, 5) is 11.4. The number of nitrogens with zero attached hydrogens (tertiary/aromatic N) is 3. The molecule has 4 rings (SSSR count). The lowest BCUT2D eigenvalue weighted by molar-refractivity contribution is 0.319. The molecule has 1 aromatic heterocycles. The SMILES string of the molecule is COc1ncccc1N=C1SCC2Cc3ccccc3CN12. The van der Waals surface area contributed by atoms with E-state index >= 15 is 0 Å². The van der Waals surface area contributed by atoms with Crippen molar-refractivity contribution in [3.63, 3.8) is 0 Å². The van der Waals surface area contributed by atoms with Crippen molar-refractivity contribution in [3.8, 4) is 5.88 Å². The van der Waals surface area contributed by atoms with Crippen molar-refractivity contribution in [1.29, 1.82) is 0 Å². The monoisotopic (exact) mass is 311 g/mol. The van der Waals surface area contributed by atoms with Gasteiger partial charge in [0.1, 0.15) is 5.69 Å². The van der Waals surface area contributed by atoms with Crippen molar-refractivity contribution in [3.05, 3.63) is 53.7 Å². The number of ether oxygens (including phenoxy) is 1. The summed E-state index contributed by atoms with van der Waals surface area (Å²) in [5.41, 5.74) is 3.68. The van der Waals surface area contributed by atoms with E-state index in [1.165, 1.54) is 11.1 Å². The first kappa shape index (κ1) is 13.6. The zero-order valence-electron chi connectivity index (χ0n) is 12.4. The van der Waals surface area contributed by atoms with E-state index in [1.807, 2.05) is 23.9 Å². The fraction of sp³-hybridized carbons (Fsp3) is 0.294. The molecule has 1 atom stereocenters. The van der Waals surface area contributed by atoms with Crippen LogP contribution in [0.2, 0.25) is 0 Å². The predicted octanol–water partition coefficient (Wildman–Crippen LogP) is 3.25. The summed E-state index contributed by atoms with van der Waals surface area (Å²) >= 11 is 1.82. The minimum absolute atomic E-state index is 0.543. The lowest BCUT2D eigenvalue weighted by Crippen LogP contribution is -2.38. The first-order chi connectivity index (χ1) is 10.8. The van der Waals surface area contributed by atoms with E-state index in [0.29, 0.717) is 11.9 Å². The Kier molecular flexibility index (Phi) is 3.50. The van der Waals surface area contributed by atoms with Gasteiger partial charge < -0.3 is 9.64 Å². The van der Waals surface area contributed by atoms with Crippen molar-refractivity contribution in [2.45, 2.75) is 19.0 Å². The normalized spacial score (nSPS) is 21.6. The van der Waals surface area contributed by atoms with Gasteiger partial charge in [0, 0.05) is 24.5 Å². The second-order valence-corrected chi connectivity index (χ2v) is 6.48. The van der Waals surface area contributed by atoms with Gasteiger partial charge in [-0.15, -0.1) is 0 Å². The van der Waals surface area contributed by atoms with Crippen LogP contribution in [0.25, 0.3) is 0 Å². The van der Waals surface area contributed by atoms with Crippen LogP contribution in [0, 0.1) is 0 Å². The molecule has 5 heteroatoms. The highest BCUT2D eigenvalue weighted by Gasteiger charge is 2.34. The van der Waals surface area contributed by atoms with Gasteiger partial charge in [-0.3, -0.25) is 0 Å². The van der Waals surface area contributed by atoms with E-state index in [0.717, 1.165) is 29.6 Å². The number of aliphatic imine (C=N–C) groups is 1. The quantitative estimate of drug-likeness (QED) is 0.853. The maximum Gasteiger partial charge on any atom is 0.239 e. The third-order valence-corrected chi connectivity index (χ3v) is 5.30. The van der Waals surface area contributed by atoms with Crippen molar-refractivity contribution < 1.29 is 4.74 Å². The molecule has 2 aliphatic heterocycles. The van der Waals surface area contributed by atoms with Crippen LogP contribution < -0.4 is 4.74 Å². The lowest BCUT2D eigenvalue weighted by atomic mass is 9.95. The fourth-order valence-corrected chi connectivity index (χ4v) is 4.22. The Morgan fingerprint density at radius 1 is 1.23 bits per heavy atom. The molecule has 2 aliphatic rings. The highest BCUT2D eigenvalue weighted by Crippen LogP contribution is 2.35. The summed E-state index contributed by atoms with van der Waals surface area (Å²) < 4.78 is 5.30. The molecule has 0 spiro atoms. The van der Waals surface area contributed by atoms with Gasteiger partial charge in [0.15, 0.2) is 5.17 Å². The molecule has 112 valence electrons. The number of benzene rings is 1. The lowest BCUT2D eigenvalue weighted by Gasteiger charge is -2.32. The molecular weight excluding hydrogens is 294 g/mol. The van der Waals surface area contributed by atoms with Gasteiger partial charge in [0.25, 0.3) is 0 Å². The molecule has 0 N–H and O–H groups in total. The number of hydrogen-bond acceptors (Lipinski definition) is 4. The van der Waals surface area contributed by atoms with Gasteiger partial charge in [-0.25, -0.2) is 9.98 Å². The summed E-state index contributed by atoms with van der Waals surface area (Å²) in [6.45, 7) is 0.940. The Labute approximate surface area is 134 Å². The average Bonchev–Trinajstić information content (AvgIpc) is 2.95. The number of thioether (sulfide) groups is 1. The number of hydrogen-bond donors (Lipinski definition) is 0. The van der Waals surface area contributed by atoms with Crippen LogP contribution in [-0.4, -0.2) is 34.0 Å². The van der Waals surface area contributed by atoms with Crippen molar-refractivity contribution >= 4 is 22.6 Å². The van der Waals surface area contributed by atoms with Crippen LogP contribution in [0.5, 0.6) is 5.88 Å². The van der Waals surface area contributed by atoms with Crippen LogP contribution in [0.1, 0.15) is 11.1 Å². The molecule has 22 heavy (non-hydrogen) atoms. The molecule has 0 bridgehead atoms. The molecule has 1 aromatic carbocycles. The molecule has 1 saturated heterocycles. The third-order valence-electron chi connectivity index (χ3n) is 4.17. The molecular formula is C17H17N3OS. The Hall–Kier alpha value is -2.01. The van der Waals surface area contributed by atoms with Crippen molar-refractivity contribution in [1.82, 2.24) is 9.88 Å². The smallest absolute Gasteiger partial charge is 0.239 e. The van der Waals surface area contributed by atoms with Crippen LogP contribution in [0.4, 0.5) is 5.69 Å². The fourth-order valence-electron chi connectivity index (χ4n) is 3.04. The maximum atomic E-state index is 5.30. The molecule has 1 fully saturated rings. The van der Waals surface area contributed by atoms with Crippen molar-refractivity contribution in [2.75, 3.05) is 12.9 Å². The molecule has 4 nitrogen and oxygen atoms in total. The summed E-state index contributed by atoms with van der Waals surface area (Å²) in [5.74, 6) is 1.67. The zero-order chi connectivity index (χ0) is 14.9. The first-order valence-electron chi connectivity index (χ1n) is 7.39. The second kappa shape index (κ2) is 5.65. The van der Waals surface area contributed by atoms with E-state index < -0.39 is 0 Å². The van der Waals surface area contributed by atoms with Gasteiger partial charge in [-0.2, -0.15) is 0 Å². The van der Waals surface area contributed by atoms with Gasteiger partial charge in [-0.05, 0) is 29.7 Å². The second-order valence-electron chi connectivity index (χ2n) is 5.49. The minimum atomic E-state index is 0.543. The standard InChI is InChI=1S/C17H17N3OS/c1-21-16-15(7-4-8-18-16)19-17-20-10-13-6-3-2-5-12(13)9-14(20)11-22-17/h2-8,14H,9-11H2,1H3. The Morgan fingerprint density at radius 2 is 2.09 bits per heavy atom. The predicted molar refractivity (Wildman–Crippen MR) is 89.8 cm³/mol. The number of rotatable bonds is 2. The van der Waals surface area contributed by atoms with Gasteiger partial charge >= 0.3 is 0 Å². The molecule has 0 aliphatic carbocycles. The number of fused-ring (bicyclic) bond motifs is 2. The van der Waals surface area contributed by atoms with Gasteiger partial charge in [0.2, 0.25) is 5.88 Å². The highest BCUT2D eigenvalue weighted by atomic mass is 32.2. The largest absolute Gasteiger partial charge is 0.479 e. The molecule has 0 saturated carbocycles. The minimum Gasteiger partial charge on any atom is -0.479 e. The molecule has 2 aromatic rings. The van der Waals surface area contributed by atoms with E-state index in [4.69, 9.17) is 9.73 Å². The summed E-state index contributed by atoms with van der Waals surface area (Å²) in [7, 11) is 1.63. The van der Waals surface area contributed by atoms with Crippen molar-refractivity contribution in [2.24, 2.45) is 4.99 Å². The van der Waals surface area contributed by atoms with E-state index in [-0.39, 0.29) is 0 Å². The molecule has 3 heterocycles. The Bertz CT molecular complexity index is 731. The van der Waals surface area contributed by atoms with E-state index in [1.54, 1.807) is 13.3 Å². The maximum absolute atomic E-state index is 5.30. The average molecular weight is 311 g/mol. The van der Waals surface area contributed by atoms with E-state index in [2.05, 4.69) is 34.1 Å². The molecule has 0 amide bonds. The third kappa shape index (κ3) is 2.35. The highest BCUT2D eigenvalue weighted by molar-refractivity contribution is 8.14. The zero-order valence-corrected chi connectivity index (χ0v) is 13.2. The summed E-state index contributed by atoms with van der Waals surface area (Å²) in [6.07, 6.45) is 2.83. The first-order valence-corrected chi connectivity index (χ1v) is 8.37. The summed E-state index contributed by atoms with van der Waals surface area (Å²) in [6, 6.07) is 13.1. The number of pyridine rings is 1. The number of amidine groups is 1. The Balaban J connectivity index is 1.66. The topological polar surface area (TPSA) is 37.7 Å². The summed E-state index contributed by atoms with van der Waals surface area (Å²) in [5, 5.41) is 1.07. The van der Waals surface area contributed by atoms with Crippen LogP contribution in [0.3, 0.4) is 0 Å².